The number of benzene rings is 1. The Morgan fingerprint density at radius 2 is 1.83 bits per heavy atom. The van der Waals surface area contributed by atoms with Crippen molar-refractivity contribution >= 4 is 15.7 Å². The molecule has 0 bridgehead atoms. The van der Waals surface area contributed by atoms with Crippen molar-refractivity contribution in [1.82, 2.24) is 9.21 Å². The second-order valence-corrected chi connectivity index (χ2v) is 8.08. The molecule has 0 unspecified atom stereocenters. The third-order valence-corrected chi connectivity index (χ3v) is 5.87. The van der Waals surface area contributed by atoms with E-state index in [1.54, 1.807) is 16.4 Å². The van der Waals surface area contributed by atoms with Gasteiger partial charge in [-0.05, 0) is 45.1 Å². The molecule has 2 rings (SSSR count). The van der Waals surface area contributed by atoms with Crippen molar-refractivity contribution in [1.29, 1.82) is 0 Å². The van der Waals surface area contributed by atoms with Crippen LogP contribution in [0.4, 0.5) is 5.69 Å². The van der Waals surface area contributed by atoms with E-state index in [9.17, 15) is 8.42 Å². The number of nitrogen functional groups attached to an aromatic ring is 1. The Bertz CT molecular complexity index is 609. The molecule has 0 aromatic heterocycles. The lowest BCUT2D eigenvalue weighted by molar-refractivity contribution is 0.256. The quantitative estimate of drug-likeness (QED) is 0.798. The van der Waals surface area contributed by atoms with Gasteiger partial charge in [0, 0.05) is 25.3 Å². The molecule has 130 valence electrons. The van der Waals surface area contributed by atoms with Crippen LogP contribution >= 0.6 is 0 Å². The van der Waals surface area contributed by atoms with Gasteiger partial charge in [-0.25, -0.2) is 8.42 Å². The summed E-state index contributed by atoms with van der Waals surface area (Å²) in [5.74, 6) is 0.380. The summed E-state index contributed by atoms with van der Waals surface area (Å²) in [6, 6.07) is 4.83. The van der Waals surface area contributed by atoms with Gasteiger partial charge in [0.05, 0.1) is 0 Å². The van der Waals surface area contributed by atoms with Gasteiger partial charge >= 0.3 is 0 Å². The molecule has 1 aromatic rings. The minimum Gasteiger partial charge on any atom is -0.491 e. The predicted octanol–water partition coefficient (Wildman–Crippen LogP) is 1.77. The fraction of sp³-hybridized carbons (Fsp3) is 0.625. The summed E-state index contributed by atoms with van der Waals surface area (Å²) < 4.78 is 33.3. The third kappa shape index (κ3) is 4.83. The molecule has 0 spiro atoms. The highest BCUT2D eigenvalue weighted by Gasteiger charge is 2.28. The number of sulfonamides is 1. The van der Waals surface area contributed by atoms with Crippen LogP contribution in [0.3, 0.4) is 0 Å². The van der Waals surface area contributed by atoms with E-state index in [1.165, 1.54) is 6.07 Å². The molecule has 7 heteroatoms. The maximum absolute atomic E-state index is 13.0. The first-order valence-corrected chi connectivity index (χ1v) is 9.52. The summed E-state index contributed by atoms with van der Waals surface area (Å²) >= 11 is 0. The Labute approximate surface area is 139 Å². The molecule has 0 saturated carbocycles. The first kappa shape index (κ1) is 18.0. The molecule has 1 aliphatic heterocycles. The molecule has 2 N–H and O–H groups in total. The first-order valence-electron chi connectivity index (χ1n) is 8.08. The lowest BCUT2D eigenvalue weighted by Gasteiger charge is -2.22. The van der Waals surface area contributed by atoms with Gasteiger partial charge < -0.3 is 15.4 Å². The van der Waals surface area contributed by atoms with E-state index < -0.39 is 10.0 Å². The van der Waals surface area contributed by atoms with Gasteiger partial charge in [-0.15, -0.1) is 0 Å². The molecule has 1 aromatic carbocycles. The number of nitrogens with two attached hydrogens (primary N) is 1. The molecular weight excluding hydrogens is 314 g/mol. The molecule has 1 heterocycles. The summed E-state index contributed by atoms with van der Waals surface area (Å²) in [5, 5.41) is 0. The summed E-state index contributed by atoms with van der Waals surface area (Å²) in [6.45, 7) is 2.27. The van der Waals surface area contributed by atoms with Crippen molar-refractivity contribution in [2.24, 2.45) is 0 Å². The zero-order valence-electron chi connectivity index (χ0n) is 14.0. The zero-order valence-corrected chi connectivity index (χ0v) is 14.8. The maximum atomic E-state index is 13.0. The minimum atomic E-state index is -3.57. The average molecular weight is 341 g/mol. The van der Waals surface area contributed by atoms with Gasteiger partial charge in [0.1, 0.15) is 17.3 Å². The number of anilines is 1. The number of rotatable bonds is 6. The van der Waals surface area contributed by atoms with E-state index >= 15 is 0 Å². The van der Waals surface area contributed by atoms with Crippen molar-refractivity contribution in [3.63, 3.8) is 0 Å². The van der Waals surface area contributed by atoms with E-state index in [0.717, 1.165) is 25.7 Å². The highest BCUT2D eigenvalue weighted by molar-refractivity contribution is 7.89. The van der Waals surface area contributed by atoms with Gasteiger partial charge in [0.25, 0.3) is 0 Å². The standard InChI is InChI=1S/C16H27N3O3S/c1-18(2)11-12-22-15-8-7-14(17)13-16(15)23(20,21)19-9-5-3-4-6-10-19/h7-8,13H,3-6,9-12,17H2,1-2H3. The van der Waals surface area contributed by atoms with Gasteiger partial charge in [-0.3, -0.25) is 0 Å². The van der Waals surface area contributed by atoms with Crippen LogP contribution in [0.15, 0.2) is 23.1 Å². The van der Waals surface area contributed by atoms with Crippen molar-refractivity contribution in [2.75, 3.05) is 46.1 Å². The first-order chi connectivity index (χ1) is 10.9. The van der Waals surface area contributed by atoms with Crippen molar-refractivity contribution in [2.45, 2.75) is 30.6 Å². The lowest BCUT2D eigenvalue weighted by Crippen LogP contribution is -2.32. The number of ether oxygens (including phenoxy) is 1. The fourth-order valence-electron chi connectivity index (χ4n) is 2.60. The van der Waals surface area contributed by atoms with Crippen LogP contribution in [-0.2, 0) is 10.0 Å². The van der Waals surface area contributed by atoms with Crippen LogP contribution < -0.4 is 10.5 Å². The van der Waals surface area contributed by atoms with Gasteiger partial charge in [0.2, 0.25) is 10.0 Å². The van der Waals surface area contributed by atoms with E-state index in [1.807, 2.05) is 19.0 Å². The molecule has 0 aliphatic carbocycles. The maximum Gasteiger partial charge on any atom is 0.246 e. The number of nitrogens with zero attached hydrogens (tertiary/aromatic N) is 2. The van der Waals surface area contributed by atoms with Crippen molar-refractivity contribution in [3.05, 3.63) is 18.2 Å². The van der Waals surface area contributed by atoms with Gasteiger partial charge in [-0.1, -0.05) is 12.8 Å². The van der Waals surface area contributed by atoms with Gasteiger partial charge in [0.15, 0.2) is 0 Å². The second-order valence-electron chi connectivity index (χ2n) is 6.18. The molecule has 23 heavy (non-hydrogen) atoms. The number of hydrogen-bond donors (Lipinski definition) is 1. The lowest BCUT2D eigenvalue weighted by atomic mass is 10.2. The summed E-state index contributed by atoms with van der Waals surface area (Å²) in [7, 11) is 0.317. The van der Waals surface area contributed by atoms with Crippen LogP contribution in [0.25, 0.3) is 0 Å². The van der Waals surface area contributed by atoms with Crippen LogP contribution in [0.5, 0.6) is 5.75 Å². The molecule has 1 saturated heterocycles. The molecule has 1 fully saturated rings. The summed E-state index contributed by atoms with van der Waals surface area (Å²) in [6.07, 6.45) is 3.96. The monoisotopic (exact) mass is 341 g/mol. The molecule has 6 nitrogen and oxygen atoms in total. The largest absolute Gasteiger partial charge is 0.491 e. The topological polar surface area (TPSA) is 75.9 Å². The van der Waals surface area contributed by atoms with E-state index in [4.69, 9.17) is 10.5 Å². The smallest absolute Gasteiger partial charge is 0.246 e. The second kappa shape index (κ2) is 7.99. The Morgan fingerprint density at radius 3 is 2.43 bits per heavy atom. The van der Waals surface area contributed by atoms with Crippen LogP contribution in [0.2, 0.25) is 0 Å². The Balaban J connectivity index is 2.26. The van der Waals surface area contributed by atoms with E-state index in [2.05, 4.69) is 0 Å². The Kier molecular flexibility index (Phi) is 6.26. The van der Waals surface area contributed by atoms with E-state index in [0.29, 0.717) is 37.7 Å². The third-order valence-electron chi connectivity index (χ3n) is 3.95. The molecule has 0 radical (unpaired) electrons. The SMILES string of the molecule is CN(C)CCOc1ccc(N)cc1S(=O)(=O)N1CCCCCC1. The van der Waals surface area contributed by atoms with Gasteiger partial charge in [-0.2, -0.15) is 4.31 Å². The van der Waals surface area contributed by atoms with Crippen LogP contribution in [0.1, 0.15) is 25.7 Å². The highest BCUT2D eigenvalue weighted by Crippen LogP contribution is 2.30. The predicted molar refractivity (Wildman–Crippen MR) is 92.1 cm³/mol. The van der Waals surface area contributed by atoms with E-state index in [-0.39, 0.29) is 4.90 Å². The number of hydrogen-bond acceptors (Lipinski definition) is 5. The normalized spacial score (nSPS) is 17.2. The summed E-state index contributed by atoms with van der Waals surface area (Å²) in [4.78, 5) is 2.17. The summed E-state index contributed by atoms with van der Waals surface area (Å²) in [5.41, 5.74) is 6.24. The average Bonchev–Trinajstić information content (AvgIpc) is 2.78. The zero-order chi connectivity index (χ0) is 16.9. The highest BCUT2D eigenvalue weighted by atomic mass is 32.2. The molecule has 0 atom stereocenters. The van der Waals surface area contributed by atoms with Crippen LogP contribution in [-0.4, -0.2) is 58.0 Å². The van der Waals surface area contributed by atoms with Crippen LogP contribution in [0, 0.1) is 0 Å². The Hall–Kier alpha value is -1.31. The molecular formula is C16H27N3O3S. The van der Waals surface area contributed by atoms with Crippen molar-refractivity contribution < 1.29 is 13.2 Å². The fourth-order valence-corrected chi connectivity index (χ4v) is 4.29. The number of likely N-dealkylation sites (N-methyl/N-ethyl adjacent to an activating group) is 1. The molecule has 1 aliphatic rings. The molecule has 0 amide bonds. The Morgan fingerprint density at radius 1 is 1.17 bits per heavy atom. The minimum absolute atomic E-state index is 0.179. The van der Waals surface area contributed by atoms with Crippen molar-refractivity contribution in [3.8, 4) is 5.75 Å².